The highest BCUT2D eigenvalue weighted by Crippen LogP contribution is 2.24. The van der Waals surface area contributed by atoms with Crippen LogP contribution in [0.4, 0.5) is 4.79 Å². The number of amides is 2. The molecule has 0 bridgehead atoms. The minimum atomic E-state index is -0.554. The van der Waals surface area contributed by atoms with E-state index in [0.717, 1.165) is 0 Å². The molecular weight excluding hydrogens is 352 g/mol. The molecule has 2 N–H and O–H groups in total. The van der Waals surface area contributed by atoms with Gasteiger partial charge in [-0.05, 0) is 40.5 Å². The van der Waals surface area contributed by atoms with Crippen molar-refractivity contribution in [2.75, 3.05) is 13.1 Å². The molecule has 0 atom stereocenters. The monoisotopic (exact) mass is 376 g/mol. The molecular formula is C18H24N4O5. The largest absolute Gasteiger partial charge is 0.444 e. The molecule has 2 aromatic rings. The number of hydrogen-bond acceptors (Lipinski definition) is 6. The van der Waals surface area contributed by atoms with Crippen LogP contribution in [0.2, 0.25) is 0 Å². The van der Waals surface area contributed by atoms with Gasteiger partial charge in [-0.25, -0.2) is 9.78 Å². The van der Waals surface area contributed by atoms with Crippen LogP contribution in [0, 0.1) is 6.92 Å². The first-order valence-electron chi connectivity index (χ1n) is 8.91. The van der Waals surface area contributed by atoms with Crippen LogP contribution in [0.15, 0.2) is 15.5 Å². The highest BCUT2D eigenvalue weighted by Gasteiger charge is 2.30. The molecule has 9 heteroatoms. The number of likely N-dealkylation sites (tertiary alicyclic amines) is 1. The number of nitrogens with one attached hydrogen (secondary N) is 2. The summed E-state index contributed by atoms with van der Waals surface area (Å²) in [6.07, 6.45) is 2.00. The van der Waals surface area contributed by atoms with Gasteiger partial charge in [0.25, 0.3) is 11.5 Å². The third-order valence-corrected chi connectivity index (χ3v) is 4.39. The lowest BCUT2D eigenvalue weighted by molar-refractivity contribution is 0.0473. The Balaban J connectivity index is 1.67. The Kier molecular flexibility index (Phi) is 4.95. The van der Waals surface area contributed by atoms with Gasteiger partial charge in [0, 0.05) is 19.1 Å². The van der Waals surface area contributed by atoms with Crippen molar-refractivity contribution < 1.29 is 18.7 Å². The lowest BCUT2D eigenvalue weighted by Gasteiger charge is -2.32. The van der Waals surface area contributed by atoms with Gasteiger partial charge in [-0.2, -0.15) is 0 Å². The summed E-state index contributed by atoms with van der Waals surface area (Å²) in [5, 5.41) is 3.01. The summed E-state index contributed by atoms with van der Waals surface area (Å²) in [6.45, 7) is 7.99. The summed E-state index contributed by atoms with van der Waals surface area (Å²) >= 11 is 0. The summed E-state index contributed by atoms with van der Waals surface area (Å²) in [5.74, 6) is 0.105. The zero-order valence-corrected chi connectivity index (χ0v) is 15.9. The van der Waals surface area contributed by atoms with Crippen molar-refractivity contribution in [3.8, 4) is 0 Å². The van der Waals surface area contributed by atoms with Crippen molar-refractivity contribution in [2.24, 2.45) is 0 Å². The maximum absolute atomic E-state index is 12.9. The third kappa shape index (κ3) is 4.12. The number of alkyl carbamates (subject to hydrolysis) is 1. The zero-order valence-electron chi connectivity index (χ0n) is 15.9. The summed E-state index contributed by atoms with van der Waals surface area (Å²) in [7, 11) is 0. The Morgan fingerprint density at radius 3 is 2.63 bits per heavy atom. The molecule has 0 saturated carbocycles. The van der Waals surface area contributed by atoms with Crippen LogP contribution in [-0.4, -0.2) is 51.6 Å². The standard InChI is InChI=1S/C18H24N4O5/c1-10-12(13-14(23)19-9-20-15(13)26-10)16(24)22-7-5-11(6-8-22)21-17(25)27-18(2,3)4/h9,11H,5-8H2,1-4H3,(H,21,25)(H,19,20,23). The molecule has 0 aliphatic carbocycles. The van der Waals surface area contributed by atoms with Gasteiger partial charge < -0.3 is 24.4 Å². The lowest BCUT2D eigenvalue weighted by Crippen LogP contribution is -2.47. The fourth-order valence-corrected chi connectivity index (χ4v) is 3.17. The molecule has 146 valence electrons. The molecule has 9 nitrogen and oxygen atoms in total. The number of aryl methyl sites for hydroxylation is 1. The van der Waals surface area contributed by atoms with Crippen LogP contribution in [0.25, 0.3) is 11.1 Å². The molecule has 3 heterocycles. The van der Waals surface area contributed by atoms with Crippen molar-refractivity contribution >= 4 is 23.1 Å². The predicted octanol–water partition coefficient (Wildman–Crippen LogP) is 1.95. The lowest BCUT2D eigenvalue weighted by atomic mass is 10.0. The summed E-state index contributed by atoms with van der Waals surface area (Å²) in [6, 6.07) is -0.0591. The number of H-pyrrole nitrogens is 1. The molecule has 0 radical (unpaired) electrons. The third-order valence-electron chi connectivity index (χ3n) is 4.39. The molecule has 0 aromatic carbocycles. The number of nitrogens with zero attached hydrogens (tertiary/aromatic N) is 2. The second-order valence-corrected chi connectivity index (χ2v) is 7.66. The number of carbonyl (C=O) groups excluding carboxylic acids is 2. The van der Waals surface area contributed by atoms with E-state index in [1.807, 2.05) is 20.8 Å². The average Bonchev–Trinajstić information content (AvgIpc) is 2.90. The normalized spacial score (nSPS) is 15.8. The van der Waals surface area contributed by atoms with Crippen LogP contribution < -0.4 is 10.9 Å². The molecule has 0 unspecified atom stereocenters. The van der Waals surface area contributed by atoms with E-state index in [1.165, 1.54) is 6.33 Å². The van der Waals surface area contributed by atoms with E-state index >= 15 is 0 Å². The van der Waals surface area contributed by atoms with Gasteiger partial charge in [0.1, 0.15) is 16.7 Å². The maximum Gasteiger partial charge on any atom is 0.407 e. The van der Waals surface area contributed by atoms with E-state index in [-0.39, 0.29) is 28.6 Å². The van der Waals surface area contributed by atoms with Crippen molar-refractivity contribution in [1.82, 2.24) is 20.2 Å². The molecule has 0 spiro atoms. The van der Waals surface area contributed by atoms with E-state index < -0.39 is 17.3 Å². The molecule has 1 saturated heterocycles. The van der Waals surface area contributed by atoms with Crippen LogP contribution in [-0.2, 0) is 4.74 Å². The molecule has 2 amide bonds. The van der Waals surface area contributed by atoms with E-state index in [0.29, 0.717) is 31.7 Å². The van der Waals surface area contributed by atoms with Gasteiger partial charge in [0.2, 0.25) is 5.71 Å². The number of furan rings is 1. The van der Waals surface area contributed by atoms with Crippen LogP contribution >= 0.6 is 0 Å². The Bertz CT molecular complexity index is 916. The predicted molar refractivity (Wildman–Crippen MR) is 97.7 cm³/mol. The molecule has 1 aliphatic heterocycles. The first-order chi connectivity index (χ1) is 12.7. The van der Waals surface area contributed by atoms with Crippen molar-refractivity contribution in [3.05, 3.63) is 28.0 Å². The van der Waals surface area contributed by atoms with Gasteiger partial charge in [-0.1, -0.05) is 0 Å². The Morgan fingerprint density at radius 2 is 2.00 bits per heavy atom. The first-order valence-corrected chi connectivity index (χ1v) is 8.91. The highest BCUT2D eigenvalue weighted by molar-refractivity contribution is 6.06. The van der Waals surface area contributed by atoms with Gasteiger partial charge in [-0.3, -0.25) is 9.59 Å². The molecule has 2 aromatic heterocycles. The summed E-state index contributed by atoms with van der Waals surface area (Å²) in [5.41, 5.74) is -0.553. The summed E-state index contributed by atoms with van der Waals surface area (Å²) < 4.78 is 10.7. The smallest absolute Gasteiger partial charge is 0.407 e. The topological polar surface area (TPSA) is 118 Å². The van der Waals surface area contributed by atoms with Gasteiger partial charge >= 0.3 is 6.09 Å². The number of rotatable bonds is 2. The first kappa shape index (κ1) is 18.9. The van der Waals surface area contributed by atoms with E-state index in [1.54, 1.807) is 11.8 Å². The number of aromatic amines is 1. The number of carbonyl (C=O) groups is 2. The van der Waals surface area contributed by atoms with E-state index in [9.17, 15) is 14.4 Å². The quantitative estimate of drug-likeness (QED) is 0.827. The number of hydrogen-bond donors (Lipinski definition) is 2. The minimum absolute atomic E-state index is 0.0591. The second kappa shape index (κ2) is 7.05. The van der Waals surface area contributed by atoms with Gasteiger partial charge in [0.05, 0.1) is 11.9 Å². The van der Waals surface area contributed by atoms with Crippen LogP contribution in [0.5, 0.6) is 0 Å². The highest BCUT2D eigenvalue weighted by atomic mass is 16.6. The Labute approximate surface area is 156 Å². The van der Waals surface area contributed by atoms with Crippen LogP contribution in [0.1, 0.15) is 49.7 Å². The minimum Gasteiger partial charge on any atom is -0.444 e. The average molecular weight is 376 g/mol. The fourth-order valence-electron chi connectivity index (χ4n) is 3.17. The SMILES string of the molecule is Cc1oc2nc[nH]c(=O)c2c1C(=O)N1CCC(NC(=O)OC(C)(C)C)CC1. The maximum atomic E-state index is 12.9. The van der Waals surface area contributed by atoms with Crippen molar-refractivity contribution in [3.63, 3.8) is 0 Å². The second-order valence-electron chi connectivity index (χ2n) is 7.66. The van der Waals surface area contributed by atoms with Crippen LogP contribution in [0.3, 0.4) is 0 Å². The Morgan fingerprint density at radius 1 is 1.33 bits per heavy atom. The van der Waals surface area contributed by atoms with Crippen molar-refractivity contribution in [1.29, 1.82) is 0 Å². The number of aromatic nitrogens is 2. The fraction of sp³-hybridized carbons (Fsp3) is 0.556. The zero-order chi connectivity index (χ0) is 19.8. The van der Waals surface area contributed by atoms with Gasteiger partial charge in [0.15, 0.2) is 0 Å². The van der Waals surface area contributed by atoms with Gasteiger partial charge in [-0.15, -0.1) is 0 Å². The van der Waals surface area contributed by atoms with E-state index in [4.69, 9.17) is 9.15 Å². The number of ether oxygens (including phenoxy) is 1. The number of fused-ring (bicyclic) bond motifs is 1. The molecule has 1 aliphatic rings. The summed E-state index contributed by atoms with van der Waals surface area (Å²) in [4.78, 5) is 45.0. The molecule has 3 rings (SSSR count). The molecule has 27 heavy (non-hydrogen) atoms. The molecule has 1 fully saturated rings. The Hall–Kier alpha value is -2.84. The van der Waals surface area contributed by atoms with Crippen molar-refractivity contribution in [2.45, 2.75) is 52.2 Å². The van der Waals surface area contributed by atoms with E-state index in [2.05, 4.69) is 15.3 Å². The number of piperidine rings is 1.